The van der Waals surface area contributed by atoms with Crippen molar-refractivity contribution in [2.75, 3.05) is 0 Å². The first-order valence-corrected chi connectivity index (χ1v) is 6.82. The summed E-state index contributed by atoms with van der Waals surface area (Å²) in [5.74, 6) is 1.14. The van der Waals surface area contributed by atoms with Crippen LogP contribution in [-0.2, 0) is 12.0 Å². The maximum absolute atomic E-state index is 9.35. The minimum absolute atomic E-state index is 0.0391. The van der Waals surface area contributed by atoms with Gasteiger partial charge in [-0.1, -0.05) is 32.4 Å². The molecule has 1 N–H and O–H groups in total. The second-order valence-electron chi connectivity index (χ2n) is 5.66. The van der Waals surface area contributed by atoms with Gasteiger partial charge in [0.25, 0.3) is 0 Å². The van der Waals surface area contributed by atoms with Gasteiger partial charge < -0.3 is 9.84 Å². The van der Waals surface area contributed by atoms with Gasteiger partial charge in [0.05, 0.1) is 12.3 Å². The SMILES string of the molecule is CC(C)(C)c1cc(CO)cc(Oc2ccc(Cl)cc2)n1. The van der Waals surface area contributed by atoms with Gasteiger partial charge in [-0.15, -0.1) is 0 Å². The third kappa shape index (κ3) is 3.71. The fourth-order valence-electron chi connectivity index (χ4n) is 1.71. The Labute approximate surface area is 124 Å². The van der Waals surface area contributed by atoms with Crippen molar-refractivity contribution < 1.29 is 9.84 Å². The highest BCUT2D eigenvalue weighted by Gasteiger charge is 2.17. The molecule has 0 saturated carbocycles. The third-order valence-electron chi connectivity index (χ3n) is 2.85. The summed E-state index contributed by atoms with van der Waals surface area (Å²) in [5.41, 5.74) is 1.56. The molecule has 2 rings (SSSR count). The predicted molar refractivity (Wildman–Crippen MR) is 80.4 cm³/mol. The molecule has 0 unspecified atom stereocenters. The topological polar surface area (TPSA) is 42.4 Å². The van der Waals surface area contributed by atoms with Gasteiger partial charge in [-0.2, -0.15) is 0 Å². The summed E-state index contributed by atoms with van der Waals surface area (Å²) in [4.78, 5) is 4.50. The van der Waals surface area contributed by atoms with E-state index in [1.165, 1.54) is 0 Å². The van der Waals surface area contributed by atoms with Crippen molar-refractivity contribution in [1.82, 2.24) is 4.98 Å². The third-order valence-corrected chi connectivity index (χ3v) is 3.10. The molecule has 106 valence electrons. The van der Waals surface area contributed by atoms with Crippen LogP contribution in [0.2, 0.25) is 5.02 Å². The van der Waals surface area contributed by atoms with Crippen LogP contribution in [0.15, 0.2) is 36.4 Å². The van der Waals surface area contributed by atoms with Gasteiger partial charge in [-0.3, -0.25) is 0 Å². The Bertz CT molecular complexity index is 588. The maximum Gasteiger partial charge on any atom is 0.219 e. The first-order chi connectivity index (χ1) is 9.38. The van der Waals surface area contributed by atoms with E-state index in [9.17, 15) is 5.11 Å². The zero-order valence-corrected chi connectivity index (χ0v) is 12.6. The second-order valence-corrected chi connectivity index (χ2v) is 6.10. The minimum Gasteiger partial charge on any atom is -0.439 e. The summed E-state index contributed by atoms with van der Waals surface area (Å²) in [7, 11) is 0. The van der Waals surface area contributed by atoms with Crippen LogP contribution in [0.1, 0.15) is 32.0 Å². The molecule has 1 aromatic heterocycles. The van der Waals surface area contributed by atoms with E-state index in [0.717, 1.165) is 11.3 Å². The molecule has 1 aromatic carbocycles. The number of aromatic nitrogens is 1. The fourth-order valence-corrected chi connectivity index (χ4v) is 1.84. The van der Waals surface area contributed by atoms with Gasteiger partial charge in [-0.25, -0.2) is 4.98 Å². The Kier molecular flexibility index (Phi) is 4.31. The molecule has 2 aromatic rings. The van der Waals surface area contributed by atoms with E-state index in [4.69, 9.17) is 16.3 Å². The zero-order chi connectivity index (χ0) is 14.8. The van der Waals surface area contributed by atoms with Crippen LogP contribution in [0.3, 0.4) is 0 Å². The summed E-state index contributed by atoms with van der Waals surface area (Å²) in [6.07, 6.45) is 0. The van der Waals surface area contributed by atoms with Crippen molar-refractivity contribution in [3.8, 4) is 11.6 Å². The molecule has 0 aliphatic carbocycles. The lowest BCUT2D eigenvalue weighted by Gasteiger charge is -2.19. The molecule has 0 fully saturated rings. The summed E-state index contributed by atoms with van der Waals surface area (Å²) < 4.78 is 5.73. The normalized spacial score (nSPS) is 11.4. The Morgan fingerprint density at radius 1 is 1.15 bits per heavy atom. The number of halogens is 1. The highest BCUT2D eigenvalue weighted by atomic mass is 35.5. The van der Waals surface area contributed by atoms with E-state index < -0.39 is 0 Å². The van der Waals surface area contributed by atoms with Crippen molar-refractivity contribution >= 4 is 11.6 Å². The Morgan fingerprint density at radius 3 is 2.35 bits per heavy atom. The van der Waals surface area contributed by atoms with Crippen LogP contribution in [0.25, 0.3) is 0 Å². The Balaban J connectivity index is 2.33. The zero-order valence-electron chi connectivity index (χ0n) is 11.9. The molecule has 0 spiro atoms. The Hall–Kier alpha value is -1.58. The van der Waals surface area contributed by atoms with Gasteiger partial charge in [0.2, 0.25) is 5.88 Å². The molecule has 20 heavy (non-hydrogen) atoms. The average Bonchev–Trinajstić information content (AvgIpc) is 2.40. The molecule has 0 aliphatic rings. The Morgan fingerprint density at radius 2 is 1.80 bits per heavy atom. The number of aliphatic hydroxyl groups excluding tert-OH is 1. The van der Waals surface area contributed by atoms with Crippen LogP contribution in [0, 0.1) is 0 Å². The van der Waals surface area contributed by atoms with Crippen molar-refractivity contribution in [2.24, 2.45) is 0 Å². The molecule has 0 amide bonds. The smallest absolute Gasteiger partial charge is 0.219 e. The highest BCUT2D eigenvalue weighted by Crippen LogP contribution is 2.27. The van der Waals surface area contributed by atoms with E-state index in [1.807, 2.05) is 6.07 Å². The molecular weight excluding hydrogens is 274 g/mol. The summed E-state index contributed by atoms with van der Waals surface area (Å²) in [5, 5.41) is 10.0. The van der Waals surface area contributed by atoms with E-state index in [2.05, 4.69) is 25.8 Å². The van der Waals surface area contributed by atoms with E-state index in [0.29, 0.717) is 16.7 Å². The van der Waals surface area contributed by atoms with Gasteiger partial charge in [0.15, 0.2) is 0 Å². The quantitative estimate of drug-likeness (QED) is 0.916. The number of hydrogen-bond donors (Lipinski definition) is 1. The molecule has 3 nitrogen and oxygen atoms in total. The first-order valence-electron chi connectivity index (χ1n) is 6.44. The van der Waals surface area contributed by atoms with E-state index >= 15 is 0 Å². The van der Waals surface area contributed by atoms with Crippen LogP contribution in [0.4, 0.5) is 0 Å². The lowest BCUT2D eigenvalue weighted by Crippen LogP contribution is -2.14. The lowest BCUT2D eigenvalue weighted by molar-refractivity contribution is 0.280. The van der Waals surface area contributed by atoms with Crippen molar-refractivity contribution in [2.45, 2.75) is 32.8 Å². The van der Waals surface area contributed by atoms with Crippen molar-refractivity contribution in [3.63, 3.8) is 0 Å². The minimum atomic E-state index is -0.108. The summed E-state index contributed by atoms with van der Waals surface area (Å²) >= 11 is 5.84. The molecule has 0 atom stereocenters. The fraction of sp³-hybridized carbons (Fsp3) is 0.312. The van der Waals surface area contributed by atoms with E-state index in [-0.39, 0.29) is 12.0 Å². The number of ether oxygens (including phenoxy) is 1. The largest absolute Gasteiger partial charge is 0.439 e. The van der Waals surface area contributed by atoms with Gasteiger partial charge in [-0.05, 0) is 35.9 Å². The lowest BCUT2D eigenvalue weighted by atomic mass is 9.91. The number of benzene rings is 1. The maximum atomic E-state index is 9.35. The number of nitrogens with zero attached hydrogens (tertiary/aromatic N) is 1. The molecule has 0 saturated heterocycles. The predicted octanol–water partition coefficient (Wildman–Crippen LogP) is 4.32. The monoisotopic (exact) mass is 291 g/mol. The van der Waals surface area contributed by atoms with Crippen LogP contribution in [0.5, 0.6) is 11.6 Å². The molecule has 4 heteroatoms. The van der Waals surface area contributed by atoms with E-state index in [1.54, 1.807) is 30.3 Å². The summed E-state index contributed by atoms with van der Waals surface area (Å²) in [6, 6.07) is 10.7. The molecular formula is C16H18ClNO2. The number of aliphatic hydroxyl groups is 1. The summed E-state index contributed by atoms with van der Waals surface area (Å²) in [6.45, 7) is 6.18. The van der Waals surface area contributed by atoms with Crippen LogP contribution >= 0.6 is 11.6 Å². The highest BCUT2D eigenvalue weighted by molar-refractivity contribution is 6.30. The van der Waals surface area contributed by atoms with Gasteiger partial charge in [0, 0.05) is 16.5 Å². The number of rotatable bonds is 3. The molecule has 0 bridgehead atoms. The number of pyridine rings is 1. The standard InChI is InChI=1S/C16H18ClNO2/c1-16(2,3)14-8-11(10-19)9-15(18-14)20-13-6-4-12(17)5-7-13/h4-9,19H,10H2,1-3H3. The van der Waals surface area contributed by atoms with Crippen LogP contribution in [-0.4, -0.2) is 10.1 Å². The van der Waals surface area contributed by atoms with Crippen molar-refractivity contribution in [1.29, 1.82) is 0 Å². The second kappa shape index (κ2) is 5.81. The van der Waals surface area contributed by atoms with Gasteiger partial charge >= 0.3 is 0 Å². The first kappa shape index (κ1) is 14.8. The van der Waals surface area contributed by atoms with Crippen LogP contribution < -0.4 is 4.74 Å². The average molecular weight is 292 g/mol. The van der Waals surface area contributed by atoms with Crippen molar-refractivity contribution in [3.05, 3.63) is 52.7 Å². The molecule has 1 heterocycles. The molecule has 0 radical (unpaired) electrons. The van der Waals surface area contributed by atoms with Gasteiger partial charge in [0.1, 0.15) is 5.75 Å². The molecule has 0 aliphatic heterocycles. The number of hydrogen-bond acceptors (Lipinski definition) is 3.